The molecule has 0 bridgehead atoms. The fourth-order valence-electron chi connectivity index (χ4n) is 2.34. The van der Waals surface area contributed by atoms with E-state index in [-0.39, 0.29) is 12.2 Å². The largest absolute Gasteiger partial charge is 0.506 e. The number of phenols is 1. The van der Waals surface area contributed by atoms with Crippen LogP contribution in [0.4, 0.5) is 37.7 Å². The zero-order valence-corrected chi connectivity index (χ0v) is 12.6. The number of nitrogens with one attached hydrogen (secondary N) is 1. The Morgan fingerprint density at radius 1 is 0.960 bits per heavy atom. The number of anilines is 2. The van der Waals surface area contributed by atoms with E-state index in [1.165, 1.54) is 0 Å². The molecule has 3 nitrogen and oxygen atoms in total. The maximum atomic E-state index is 12.8. The van der Waals surface area contributed by atoms with Gasteiger partial charge in [0.05, 0.1) is 5.69 Å². The first-order valence-electron chi connectivity index (χ1n) is 7.03. The van der Waals surface area contributed by atoms with E-state index in [0.717, 1.165) is 6.07 Å². The topological polar surface area (TPSA) is 58.3 Å². The number of phenolic OH excluding ortho intramolecular Hbond substituents is 1. The maximum absolute atomic E-state index is 12.8. The lowest BCUT2D eigenvalue weighted by Crippen LogP contribution is -2.34. The van der Waals surface area contributed by atoms with Crippen LogP contribution in [-0.2, 0) is 6.54 Å². The molecule has 0 saturated carbocycles. The van der Waals surface area contributed by atoms with Crippen LogP contribution in [0.5, 0.6) is 5.75 Å². The second-order valence-corrected chi connectivity index (χ2v) is 5.39. The first kappa shape index (κ1) is 18.8. The molecule has 9 heteroatoms. The molecule has 0 spiro atoms. The lowest BCUT2D eigenvalue weighted by Gasteiger charge is -2.24. The van der Waals surface area contributed by atoms with Gasteiger partial charge in [0, 0.05) is 12.2 Å². The standard InChI is InChI=1S/C16H14F6N2O/c17-15(18,19)14(16(20,21)22)10-4-5-13(25)12(7-10)24-8-9-2-1-3-11(23)6-9/h1-7,14,24-25H,8,23H2. The van der Waals surface area contributed by atoms with Crippen LogP contribution in [0.1, 0.15) is 17.0 Å². The van der Waals surface area contributed by atoms with Crippen molar-refractivity contribution in [3.8, 4) is 5.75 Å². The van der Waals surface area contributed by atoms with Crippen molar-refractivity contribution in [2.75, 3.05) is 11.1 Å². The van der Waals surface area contributed by atoms with E-state index in [1.807, 2.05) is 0 Å². The summed E-state index contributed by atoms with van der Waals surface area (Å²) in [6.45, 7) is 0.0603. The van der Waals surface area contributed by atoms with Gasteiger partial charge in [-0.05, 0) is 35.4 Å². The Labute approximate surface area is 139 Å². The van der Waals surface area contributed by atoms with Crippen LogP contribution in [0.2, 0.25) is 0 Å². The third-order valence-electron chi connectivity index (χ3n) is 3.44. The molecule has 0 radical (unpaired) electrons. The smallest absolute Gasteiger partial charge is 0.404 e. The molecule has 0 aliphatic heterocycles. The molecule has 0 amide bonds. The molecule has 2 aromatic carbocycles. The van der Waals surface area contributed by atoms with Crippen LogP contribution in [0.15, 0.2) is 42.5 Å². The number of hydrogen-bond donors (Lipinski definition) is 3. The van der Waals surface area contributed by atoms with Crippen molar-refractivity contribution < 1.29 is 31.4 Å². The molecular formula is C16H14F6N2O. The molecule has 0 atom stereocenters. The minimum Gasteiger partial charge on any atom is -0.506 e. The van der Waals surface area contributed by atoms with Gasteiger partial charge in [-0.15, -0.1) is 0 Å². The predicted molar refractivity (Wildman–Crippen MR) is 81.1 cm³/mol. The van der Waals surface area contributed by atoms with Crippen molar-refractivity contribution in [3.63, 3.8) is 0 Å². The molecule has 2 aromatic rings. The minimum absolute atomic E-state index is 0.0603. The van der Waals surface area contributed by atoms with Gasteiger partial charge >= 0.3 is 12.4 Å². The van der Waals surface area contributed by atoms with Gasteiger partial charge in [0.2, 0.25) is 0 Å². The zero-order valence-electron chi connectivity index (χ0n) is 12.6. The van der Waals surface area contributed by atoms with Crippen molar-refractivity contribution >= 4 is 11.4 Å². The summed E-state index contributed by atoms with van der Waals surface area (Å²) < 4.78 is 76.9. The molecule has 0 aliphatic rings. The highest BCUT2D eigenvalue weighted by Crippen LogP contribution is 2.47. The minimum atomic E-state index is -5.50. The average molecular weight is 364 g/mol. The van der Waals surface area contributed by atoms with Crippen LogP contribution in [0.25, 0.3) is 0 Å². The Hall–Kier alpha value is -2.58. The summed E-state index contributed by atoms with van der Waals surface area (Å²) in [6.07, 6.45) is -11.0. The molecule has 0 aliphatic carbocycles. The number of halogens is 6. The first-order valence-corrected chi connectivity index (χ1v) is 7.03. The molecule has 0 saturated heterocycles. The Kier molecular flexibility index (Phi) is 5.05. The highest BCUT2D eigenvalue weighted by Gasteiger charge is 2.57. The van der Waals surface area contributed by atoms with E-state index >= 15 is 0 Å². The normalized spacial score (nSPS) is 12.4. The summed E-state index contributed by atoms with van der Waals surface area (Å²) in [5, 5.41) is 12.3. The summed E-state index contributed by atoms with van der Waals surface area (Å²) in [6, 6.07) is 8.56. The molecule has 0 aromatic heterocycles. The van der Waals surface area contributed by atoms with Crippen LogP contribution in [-0.4, -0.2) is 17.5 Å². The molecule has 2 rings (SSSR count). The van der Waals surface area contributed by atoms with E-state index in [9.17, 15) is 31.4 Å². The summed E-state index contributed by atoms with van der Waals surface area (Å²) >= 11 is 0. The highest BCUT2D eigenvalue weighted by molar-refractivity contribution is 5.58. The quantitative estimate of drug-likeness (QED) is 0.415. The average Bonchev–Trinajstić information content (AvgIpc) is 2.45. The monoisotopic (exact) mass is 364 g/mol. The molecule has 4 N–H and O–H groups in total. The van der Waals surface area contributed by atoms with Gasteiger partial charge in [0.25, 0.3) is 0 Å². The molecule has 25 heavy (non-hydrogen) atoms. The molecule has 0 fully saturated rings. The van der Waals surface area contributed by atoms with Gasteiger partial charge in [-0.3, -0.25) is 0 Å². The SMILES string of the molecule is Nc1cccc(CNc2cc(C(C(F)(F)F)C(F)(F)F)ccc2O)c1. The van der Waals surface area contributed by atoms with E-state index in [2.05, 4.69) is 5.32 Å². The number of aromatic hydroxyl groups is 1. The van der Waals surface area contributed by atoms with Crippen LogP contribution in [0, 0.1) is 0 Å². The van der Waals surface area contributed by atoms with Gasteiger partial charge < -0.3 is 16.2 Å². The third-order valence-corrected chi connectivity index (χ3v) is 3.44. The Bertz CT molecular complexity index is 728. The molecule has 136 valence electrons. The van der Waals surface area contributed by atoms with Crippen LogP contribution < -0.4 is 11.1 Å². The van der Waals surface area contributed by atoms with Gasteiger partial charge in [-0.25, -0.2) is 0 Å². The van der Waals surface area contributed by atoms with Crippen molar-refractivity contribution in [3.05, 3.63) is 53.6 Å². The highest BCUT2D eigenvalue weighted by atomic mass is 19.4. The van der Waals surface area contributed by atoms with Crippen molar-refractivity contribution in [1.29, 1.82) is 0 Å². The number of rotatable bonds is 4. The zero-order chi connectivity index (χ0) is 18.8. The summed E-state index contributed by atoms with van der Waals surface area (Å²) in [5.74, 6) is -4.09. The van der Waals surface area contributed by atoms with Gasteiger partial charge in [-0.2, -0.15) is 26.3 Å². The summed E-state index contributed by atoms with van der Waals surface area (Å²) in [7, 11) is 0. The lowest BCUT2D eigenvalue weighted by atomic mass is 9.97. The number of benzene rings is 2. The fraction of sp³-hybridized carbons (Fsp3) is 0.250. The van der Waals surface area contributed by atoms with Crippen LogP contribution >= 0.6 is 0 Å². The third kappa shape index (κ3) is 4.71. The fourth-order valence-corrected chi connectivity index (χ4v) is 2.34. The number of alkyl halides is 6. The lowest BCUT2D eigenvalue weighted by molar-refractivity contribution is -0.253. The van der Waals surface area contributed by atoms with E-state index < -0.39 is 29.6 Å². The molecule has 0 heterocycles. The van der Waals surface area contributed by atoms with Crippen LogP contribution in [0.3, 0.4) is 0 Å². The van der Waals surface area contributed by atoms with E-state index in [0.29, 0.717) is 23.4 Å². The molecular weight excluding hydrogens is 350 g/mol. The van der Waals surface area contributed by atoms with Crippen molar-refractivity contribution in [2.24, 2.45) is 0 Å². The molecule has 0 unspecified atom stereocenters. The number of nitrogens with two attached hydrogens (primary N) is 1. The Balaban J connectivity index is 2.30. The van der Waals surface area contributed by atoms with Crippen molar-refractivity contribution in [1.82, 2.24) is 0 Å². The Morgan fingerprint density at radius 2 is 1.60 bits per heavy atom. The van der Waals surface area contributed by atoms with Gasteiger partial charge in [0.1, 0.15) is 5.75 Å². The maximum Gasteiger partial charge on any atom is 0.404 e. The summed E-state index contributed by atoms with van der Waals surface area (Å²) in [4.78, 5) is 0. The predicted octanol–water partition coefficient (Wildman–Crippen LogP) is 4.79. The summed E-state index contributed by atoms with van der Waals surface area (Å²) in [5.41, 5.74) is 5.44. The van der Waals surface area contributed by atoms with E-state index in [1.54, 1.807) is 24.3 Å². The number of hydrogen-bond acceptors (Lipinski definition) is 3. The van der Waals surface area contributed by atoms with Crippen molar-refractivity contribution in [2.45, 2.75) is 24.8 Å². The van der Waals surface area contributed by atoms with Gasteiger partial charge in [-0.1, -0.05) is 18.2 Å². The second kappa shape index (κ2) is 6.73. The number of nitrogen functional groups attached to an aromatic ring is 1. The first-order chi connectivity index (χ1) is 11.5. The van der Waals surface area contributed by atoms with E-state index in [4.69, 9.17) is 5.73 Å². The second-order valence-electron chi connectivity index (χ2n) is 5.39. The Morgan fingerprint density at radius 3 is 2.16 bits per heavy atom. The van der Waals surface area contributed by atoms with Gasteiger partial charge in [0.15, 0.2) is 5.92 Å².